The van der Waals surface area contributed by atoms with E-state index in [0.29, 0.717) is 41.9 Å². The van der Waals surface area contributed by atoms with E-state index in [2.05, 4.69) is 20.3 Å². The SMILES string of the molecule is CC(C(N)=O)C(Cc1ccccc1)c1nc(Nc2ccc(C3CCN(C(=O)O)CC3)nc2)ncc1Cl. The normalized spacial score (nSPS) is 15.8. The highest BCUT2D eigenvalue weighted by Gasteiger charge is 2.28. The van der Waals surface area contributed by atoms with Crippen LogP contribution in [-0.2, 0) is 11.2 Å². The van der Waals surface area contributed by atoms with Crippen LogP contribution in [0.5, 0.6) is 0 Å². The van der Waals surface area contributed by atoms with Gasteiger partial charge in [-0.1, -0.05) is 48.9 Å². The molecule has 0 aliphatic carbocycles. The first-order valence-electron chi connectivity index (χ1n) is 11.9. The summed E-state index contributed by atoms with van der Waals surface area (Å²) in [5.41, 5.74) is 8.90. The van der Waals surface area contributed by atoms with E-state index in [1.165, 1.54) is 11.1 Å². The number of nitrogens with two attached hydrogens (primary N) is 1. The lowest BCUT2D eigenvalue weighted by Gasteiger charge is -2.29. The molecule has 2 amide bonds. The van der Waals surface area contributed by atoms with E-state index in [1.54, 1.807) is 13.1 Å². The van der Waals surface area contributed by atoms with Crippen LogP contribution in [0.2, 0.25) is 5.02 Å². The minimum absolute atomic E-state index is 0.224. The minimum Gasteiger partial charge on any atom is -0.465 e. The Bertz CT molecular complexity index is 1200. The zero-order valence-electron chi connectivity index (χ0n) is 20.0. The average molecular weight is 509 g/mol. The van der Waals surface area contributed by atoms with Gasteiger partial charge in [0, 0.05) is 36.5 Å². The number of amides is 2. The predicted octanol–water partition coefficient (Wildman–Crippen LogP) is 4.57. The van der Waals surface area contributed by atoms with Crippen molar-refractivity contribution in [2.45, 2.75) is 38.0 Å². The molecule has 2 atom stereocenters. The van der Waals surface area contributed by atoms with Gasteiger partial charge in [-0.3, -0.25) is 9.78 Å². The maximum absolute atomic E-state index is 12.1. The molecule has 2 aromatic heterocycles. The van der Waals surface area contributed by atoms with E-state index >= 15 is 0 Å². The van der Waals surface area contributed by atoms with E-state index in [-0.39, 0.29) is 11.8 Å². The van der Waals surface area contributed by atoms with Crippen molar-refractivity contribution in [1.29, 1.82) is 0 Å². The van der Waals surface area contributed by atoms with Gasteiger partial charge in [-0.05, 0) is 37.0 Å². The molecule has 0 spiro atoms. The molecule has 1 aliphatic rings. The number of nitrogens with zero attached hydrogens (tertiary/aromatic N) is 4. The highest BCUT2D eigenvalue weighted by atomic mass is 35.5. The van der Waals surface area contributed by atoms with Gasteiger partial charge in [-0.2, -0.15) is 0 Å². The fraction of sp³-hybridized carbons (Fsp3) is 0.346. The Morgan fingerprint density at radius 2 is 1.86 bits per heavy atom. The van der Waals surface area contributed by atoms with Gasteiger partial charge < -0.3 is 21.1 Å². The Morgan fingerprint density at radius 1 is 1.14 bits per heavy atom. The molecule has 36 heavy (non-hydrogen) atoms. The first-order chi connectivity index (χ1) is 17.3. The second-order valence-corrected chi connectivity index (χ2v) is 9.46. The third-order valence-electron chi connectivity index (χ3n) is 6.70. The number of carbonyl (C=O) groups excluding carboxylic acids is 1. The van der Waals surface area contributed by atoms with Gasteiger partial charge in [0.05, 0.1) is 28.8 Å². The van der Waals surface area contributed by atoms with Crippen LogP contribution < -0.4 is 11.1 Å². The number of carbonyl (C=O) groups is 2. The molecule has 188 valence electrons. The van der Waals surface area contributed by atoms with Gasteiger partial charge in [0.25, 0.3) is 0 Å². The second kappa shape index (κ2) is 11.3. The van der Waals surface area contributed by atoms with Crippen molar-refractivity contribution in [3.8, 4) is 0 Å². The van der Waals surface area contributed by atoms with Gasteiger partial charge >= 0.3 is 6.09 Å². The Labute approximate surface area is 214 Å². The monoisotopic (exact) mass is 508 g/mol. The number of likely N-dealkylation sites (tertiary alicyclic amines) is 1. The molecule has 1 aliphatic heterocycles. The van der Waals surface area contributed by atoms with Crippen molar-refractivity contribution in [3.05, 3.63) is 76.8 Å². The highest BCUT2D eigenvalue weighted by molar-refractivity contribution is 6.31. The van der Waals surface area contributed by atoms with Crippen molar-refractivity contribution >= 4 is 35.2 Å². The molecular weight excluding hydrogens is 480 g/mol. The number of primary amides is 1. The molecule has 1 aromatic carbocycles. The number of hydrogen-bond donors (Lipinski definition) is 3. The second-order valence-electron chi connectivity index (χ2n) is 9.05. The molecule has 3 heterocycles. The van der Waals surface area contributed by atoms with Crippen LogP contribution in [0.15, 0.2) is 54.9 Å². The van der Waals surface area contributed by atoms with Crippen LogP contribution in [0.4, 0.5) is 16.4 Å². The van der Waals surface area contributed by atoms with Crippen LogP contribution in [-0.4, -0.2) is 50.0 Å². The summed E-state index contributed by atoms with van der Waals surface area (Å²) < 4.78 is 0. The molecule has 0 bridgehead atoms. The molecule has 4 N–H and O–H groups in total. The number of carboxylic acid groups (broad SMARTS) is 1. The summed E-state index contributed by atoms with van der Waals surface area (Å²) >= 11 is 6.49. The van der Waals surface area contributed by atoms with Gasteiger partial charge in [-0.15, -0.1) is 0 Å². The summed E-state index contributed by atoms with van der Waals surface area (Å²) in [4.78, 5) is 38.2. The standard InChI is InChI=1S/C26H29ClN6O3/c1-16(24(28)34)20(13-17-5-3-2-4-6-17)23-21(27)15-30-25(32-23)31-19-7-8-22(29-14-19)18-9-11-33(12-10-18)26(35)36/h2-8,14-16,18,20H,9-13H2,1H3,(H2,28,34)(H,35,36)(H,30,31,32). The molecule has 2 unspecified atom stereocenters. The van der Waals surface area contributed by atoms with E-state index in [9.17, 15) is 9.59 Å². The van der Waals surface area contributed by atoms with Crippen LogP contribution >= 0.6 is 11.6 Å². The topological polar surface area (TPSA) is 134 Å². The van der Waals surface area contributed by atoms with Gasteiger partial charge in [-0.25, -0.2) is 14.8 Å². The quantitative estimate of drug-likeness (QED) is 0.405. The Balaban J connectivity index is 1.50. The smallest absolute Gasteiger partial charge is 0.407 e. The molecule has 1 fully saturated rings. The third kappa shape index (κ3) is 6.09. The first-order valence-corrected chi connectivity index (χ1v) is 12.3. The van der Waals surface area contributed by atoms with Crippen LogP contribution in [0.3, 0.4) is 0 Å². The molecular formula is C26H29ClN6O3. The molecule has 0 radical (unpaired) electrons. The molecule has 4 rings (SSSR count). The number of nitrogens with one attached hydrogen (secondary N) is 1. The number of halogens is 1. The summed E-state index contributed by atoms with van der Waals surface area (Å²) in [5, 5.41) is 12.7. The summed E-state index contributed by atoms with van der Waals surface area (Å²) in [6.45, 7) is 2.80. The maximum Gasteiger partial charge on any atom is 0.407 e. The van der Waals surface area contributed by atoms with Crippen molar-refractivity contribution in [2.24, 2.45) is 11.7 Å². The highest BCUT2D eigenvalue weighted by Crippen LogP contribution is 2.33. The lowest BCUT2D eigenvalue weighted by molar-refractivity contribution is -0.122. The number of aromatic nitrogens is 3. The van der Waals surface area contributed by atoms with E-state index in [0.717, 1.165) is 24.1 Å². The molecule has 9 nitrogen and oxygen atoms in total. The minimum atomic E-state index is -0.875. The van der Waals surface area contributed by atoms with E-state index < -0.39 is 17.9 Å². The van der Waals surface area contributed by atoms with E-state index in [4.69, 9.17) is 22.4 Å². The zero-order chi connectivity index (χ0) is 25.7. The zero-order valence-corrected chi connectivity index (χ0v) is 20.7. The maximum atomic E-state index is 12.1. The average Bonchev–Trinajstić information content (AvgIpc) is 2.89. The van der Waals surface area contributed by atoms with Gasteiger partial charge in [0.2, 0.25) is 11.9 Å². The number of benzene rings is 1. The van der Waals surface area contributed by atoms with Crippen LogP contribution in [0.1, 0.15) is 48.6 Å². The Morgan fingerprint density at radius 3 is 2.47 bits per heavy atom. The van der Waals surface area contributed by atoms with Crippen molar-refractivity contribution in [1.82, 2.24) is 19.9 Å². The first kappa shape index (κ1) is 25.4. The molecule has 10 heteroatoms. The van der Waals surface area contributed by atoms with Gasteiger partial charge in [0.15, 0.2) is 0 Å². The Hall–Kier alpha value is -3.72. The summed E-state index contributed by atoms with van der Waals surface area (Å²) in [5.74, 6) is -0.665. The van der Waals surface area contributed by atoms with Crippen molar-refractivity contribution in [2.75, 3.05) is 18.4 Å². The van der Waals surface area contributed by atoms with E-state index in [1.807, 2.05) is 42.5 Å². The number of pyridine rings is 1. The van der Waals surface area contributed by atoms with Crippen LogP contribution in [0, 0.1) is 5.92 Å². The number of piperidine rings is 1. The number of hydrogen-bond acceptors (Lipinski definition) is 6. The largest absolute Gasteiger partial charge is 0.465 e. The summed E-state index contributed by atoms with van der Waals surface area (Å²) in [6.07, 6.45) is 4.41. The third-order valence-corrected chi connectivity index (χ3v) is 6.99. The van der Waals surface area contributed by atoms with Crippen molar-refractivity contribution in [3.63, 3.8) is 0 Å². The Kier molecular flexibility index (Phi) is 8.00. The fourth-order valence-electron chi connectivity index (χ4n) is 4.49. The molecule has 1 saturated heterocycles. The lowest BCUT2D eigenvalue weighted by Crippen LogP contribution is -2.36. The fourth-order valence-corrected chi connectivity index (χ4v) is 4.72. The number of rotatable bonds is 8. The summed E-state index contributed by atoms with van der Waals surface area (Å²) in [7, 11) is 0. The molecule has 0 saturated carbocycles. The van der Waals surface area contributed by atoms with Crippen LogP contribution in [0.25, 0.3) is 0 Å². The lowest BCUT2D eigenvalue weighted by atomic mass is 9.84. The number of anilines is 2. The predicted molar refractivity (Wildman–Crippen MR) is 137 cm³/mol. The summed E-state index contributed by atoms with van der Waals surface area (Å²) in [6, 6.07) is 13.7. The van der Waals surface area contributed by atoms with Gasteiger partial charge in [0.1, 0.15) is 0 Å². The van der Waals surface area contributed by atoms with Crippen molar-refractivity contribution < 1.29 is 14.7 Å². The molecule has 3 aromatic rings.